The van der Waals surface area contributed by atoms with Gasteiger partial charge in [-0.2, -0.15) is 0 Å². The molecule has 64 heavy (non-hydrogen) atoms. The van der Waals surface area contributed by atoms with E-state index in [0.29, 0.717) is 55.9 Å². The molecule has 9 heteroatoms. The molecule has 0 aromatic heterocycles. The lowest BCUT2D eigenvalue weighted by molar-refractivity contribution is -0.167. The minimum absolute atomic E-state index is 0.0851. The largest absolute Gasteiger partial charge is 0.462 e. The number of ether oxygens (including phenoxy) is 6. The first-order chi connectivity index (χ1) is 31.4. The zero-order valence-electron chi connectivity index (χ0n) is 41.9. The molecule has 0 aromatic carbocycles. The average molecular weight is 905 g/mol. The van der Waals surface area contributed by atoms with Crippen molar-refractivity contribution in [3.05, 3.63) is 0 Å². The molecule has 0 aliphatic carbocycles. The molecule has 3 fully saturated rings. The van der Waals surface area contributed by atoms with Crippen LogP contribution >= 0.6 is 0 Å². The monoisotopic (exact) mass is 905 g/mol. The van der Waals surface area contributed by atoms with Crippen LogP contribution in [0.2, 0.25) is 0 Å². The quantitative estimate of drug-likeness (QED) is 0.0255. The maximum absolute atomic E-state index is 12.9. The second kappa shape index (κ2) is 38.3. The van der Waals surface area contributed by atoms with Crippen LogP contribution < -0.4 is 0 Å². The molecule has 0 bridgehead atoms. The highest BCUT2D eigenvalue weighted by atomic mass is 16.6. The minimum Gasteiger partial charge on any atom is -0.462 e. The van der Waals surface area contributed by atoms with Gasteiger partial charge in [0, 0.05) is 25.7 Å². The van der Waals surface area contributed by atoms with Crippen molar-refractivity contribution in [2.45, 2.75) is 320 Å². The second-order valence-corrected chi connectivity index (χ2v) is 20.0. The lowest BCUT2D eigenvalue weighted by Gasteiger charge is -2.18. The SMILES string of the molecule is CCCCCCCCCCCCCCCC(=O)OCC(COC(=O)CCCCCCCC1OC1CC1OC1CCCCC)OC(=O)CCCCCCCC1OC1CCCCCCCC. The van der Waals surface area contributed by atoms with Gasteiger partial charge in [-0.05, 0) is 44.9 Å². The van der Waals surface area contributed by atoms with Gasteiger partial charge >= 0.3 is 17.9 Å². The molecule has 7 atom stereocenters. The predicted molar refractivity (Wildman–Crippen MR) is 259 cm³/mol. The molecule has 0 N–H and O–H groups in total. The summed E-state index contributed by atoms with van der Waals surface area (Å²) >= 11 is 0. The van der Waals surface area contributed by atoms with Gasteiger partial charge in [0.1, 0.15) is 13.2 Å². The molecule has 3 rings (SSSR count). The van der Waals surface area contributed by atoms with Gasteiger partial charge in [-0.25, -0.2) is 0 Å². The second-order valence-electron chi connectivity index (χ2n) is 20.0. The minimum atomic E-state index is -0.790. The van der Waals surface area contributed by atoms with Gasteiger partial charge in [-0.3, -0.25) is 14.4 Å². The molecule has 3 saturated heterocycles. The molecule has 374 valence electrons. The van der Waals surface area contributed by atoms with Crippen molar-refractivity contribution < 1.29 is 42.8 Å². The van der Waals surface area contributed by atoms with Crippen LogP contribution in [0.1, 0.15) is 278 Å². The Morgan fingerprint density at radius 2 is 0.609 bits per heavy atom. The zero-order valence-corrected chi connectivity index (χ0v) is 41.9. The smallest absolute Gasteiger partial charge is 0.306 e. The summed E-state index contributed by atoms with van der Waals surface area (Å²) in [4.78, 5) is 38.2. The van der Waals surface area contributed by atoms with Crippen molar-refractivity contribution in [2.24, 2.45) is 0 Å². The fourth-order valence-corrected chi connectivity index (χ4v) is 9.37. The summed E-state index contributed by atoms with van der Waals surface area (Å²) < 4.78 is 34.5. The number of carbonyl (C=O) groups excluding carboxylic acids is 3. The average Bonchev–Trinajstić information content (AvgIpc) is 4.24. The summed E-state index contributed by atoms with van der Waals surface area (Å²) in [6.45, 7) is 6.59. The van der Waals surface area contributed by atoms with E-state index in [-0.39, 0.29) is 31.1 Å². The third-order valence-corrected chi connectivity index (χ3v) is 13.8. The fraction of sp³-hybridized carbons (Fsp3) is 0.945. The Morgan fingerprint density at radius 3 is 0.984 bits per heavy atom. The van der Waals surface area contributed by atoms with Crippen molar-refractivity contribution in [2.75, 3.05) is 13.2 Å². The standard InChI is InChI=1S/C55H100O9/c1-4-7-10-12-14-15-16-17-18-19-20-26-33-40-53(56)59-44-46(61-55(58)42-35-28-22-24-31-38-48-47(62-48)37-30-23-13-11-8-5-2)45-60-54(57)41-34-27-21-25-32-39-50-52(64-50)43-51-49(63-51)36-29-9-6-3/h46-52H,4-45H2,1-3H3. The van der Waals surface area contributed by atoms with Crippen LogP contribution in [-0.2, 0) is 42.8 Å². The van der Waals surface area contributed by atoms with Gasteiger partial charge in [-0.15, -0.1) is 0 Å². The van der Waals surface area contributed by atoms with Crippen LogP contribution in [0.4, 0.5) is 0 Å². The highest BCUT2D eigenvalue weighted by Gasteiger charge is 2.47. The summed E-state index contributed by atoms with van der Waals surface area (Å²) in [5, 5.41) is 0. The summed E-state index contributed by atoms with van der Waals surface area (Å²) in [5.74, 6) is -0.907. The van der Waals surface area contributed by atoms with Crippen LogP contribution in [0.3, 0.4) is 0 Å². The predicted octanol–water partition coefficient (Wildman–Crippen LogP) is 15.0. The molecule has 0 amide bonds. The third-order valence-electron chi connectivity index (χ3n) is 13.8. The first kappa shape index (κ1) is 56.6. The topological polar surface area (TPSA) is 116 Å². The number of hydrogen-bond donors (Lipinski definition) is 0. The van der Waals surface area contributed by atoms with E-state index in [1.807, 2.05) is 0 Å². The van der Waals surface area contributed by atoms with E-state index in [1.54, 1.807) is 0 Å². The number of esters is 3. The molecule has 3 heterocycles. The van der Waals surface area contributed by atoms with Gasteiger partial charge in [0.25, 0.3) is 0 Å². The van der Waals surface area contributed by atoms with Gasteiger partial charge in [0.05, 0.1) is 36.6 Å². The van der Waals surface area contributed by atoms with Crippen molar-refractivity contribution in [3.63, 3.8) is 0 Å². The Kier molecular flexibility index (Phi) is 33.9. The van der Waals surface area contributed by atoms with Crippen LogP contribution in [0.5, 0.6) is 0 Å². The molecule has 0 aromatic rings. The van der Waals surface area contributed by atoms with Crippen molar-refractivity contribution in [1.82, 2.24) is 0 Å². The first-order valence-electron chi connectivity index (χ1n) is 27.9. The Morgan fingerprint density at radius 1 is 0.344 bits per heavy atom. The van der Waals surface area contributed by atoms with Crippen molar-refractivity contribution >= 4 is 17.9 Å². The van der Waals surface area contributed by atoms with E-state index in [9.17, 15) is 14.4 Å². The Labute approximate surface area is 393 Å². The van der Waals surface area contributed by atoms with Gasteiger partial charge < -0.3 is 28.4 Å². The summed E-state index contributed by atoms with van der Waals surface area (Å²) in [7, 11) is 0. The summed E-state index contributed by atoms with van der Waals surface area (Å²) in [6.07, 6.45) is 46.9. The maximum atomic E-state index is 12.9. The van der Waals surface area contributed by atoms with Crippen molar-refractivity contribution in [1.29, 1.82) is 0 Å². The van der Waals surface area contributed by atoms with Gasteiger partial charge in [0.2, 0.25) is 0 Å². The molecular formula is C55H100O9. The lowest BCUT2D eigenvalue weighted by Crippen LogP contribution is -2.30. The van der Waals surface area contributed by atoms with Crippen LogP contribution in [0, 0.1) is 0 Å². The highest BCUT2D eigenvalue weighted by Crippen LogP contribution is 2.39. The van der Waals surface area contributed by atoms with Crippen molar-refractivity contribution in [3.8, 4) is 0 Å². The zero-order chi connectivity index (χ0) is 45.7. The molecule has 9 nitrogen and oxygen atoms in total. The first-order valence-corrected chi connectivity index (χ1v) is 27.9. The maximum Gasteiger partial charge on any atom is 0.306 e. The van der Waals surface area contributed by atoms with E-state index >= 15 is 0 Å². The number of rotatable bonds is 48. The Balaban J connectivity index is 1.21. The van der Waals surface area contributed by atoms with Crippen LogP contribution in [0.15, 0.2) is 0 Å². The summed E-state index contributed by atoms with van der Waals surface area (Å²) in [5.41, 5.74) is 0. The van der Waals surface area contributed by atoms with E-state index < -0.39 is 6.10 Å². The molecular weight excluding hydrogens is 805 g/mol. The van der Waals surface area contributed by atoms with Gasteiger partial charge in [0.15, 0.2) is 6.10 Å². The molecule has 3 aliphatic rings. The number of hydrogen-bond acceptors (Lipinski definition) is 9. The normalized spacial score (nSPS) is 21.4. The lowest BCUT2D eigenvalue weighted by atomic mass is 10.0. The van der Waals surface area contributed by atoms with E-state index in [2.05, 4.69) is 20.8 Å². The van der Waals surface area contributed by atoms with E-state index in [1.165, 1.54) is 141 Å². The van der Waals surface area contributed by atoms with E-state index in [0.717, 1.165) is 96.3 Å². The molecule has 7 unspecified atom stereocenters. The fourth-order valence-electron chi connectivity index (χ4n) is 9.37. The highest BCUT2D eigenvalue weighted by molar-refractivity contribution is 5.71. The molecule has 3 aliphatic heterocycles. The number of epoxide rings is 3. The molecule has 0 radical (unpaired) electrons. The number of carbonyl (C=O) groups is 3. The molecule has 0 spiro atoms. The van der Waals surface area contributed by atoms with Gasteiger partial charge in [-0.1, -0.05) is 207 Å². The molecule has 0 saturated carbocycles. The van der Waals surface area contributed by atoms with Crippen LogP contribution in [-0.4, -0.2) is 73.8 Å². The van der Waals surface area contributed by atoms with E-state index in [4.69, 9.17) is 28.4 Å². The van der Waals surface area contributed by atoms with Crippen LogP contribution in [0.25, 0.3) is 0 Å². The Bertz CT molecular complexity index is 1150. The number of unbranched alkanes of at least 4 members (excludes halogenated alkanes) is 27. The summed E-state index contributed by atoms with van der Waals surface area (Å²) in [6, 6.07) is 0. The third kappa shape index (κ3) is 31.3. The Hall–Kier alpha value is -1.71.